The van der Waals surface area contributed by atoms with E-state index in [9.17, 15) is 9.59 Å². The third kappa shape index (κ3) is 13.5. The monoisotopic (exact) mass is 478 g/mol. The Morgan fingerprint density at radius 1 is 0.931 bits per heavy atom. The highest BCUT2D eigenvalue weighted by atomic mass is 28.5. The van der Waals surface area contributed by atoms with Crippen LogP contribution in [0.2, 0.25) is 57.4 Å². The number of carbonyl (C=O) groups excluding carboxylic acids is 1. The average Bonchev–Trinajstić information content (AvgIpc) is 2.51. The predicted octanol–water partition coefficient (Wildman–Crippen LogP) is 5.18. The first-order valence-electron chi connectivity index (χ1n) is 10.4. The lowest BCUT2D eigenvalue weighted by molar-refractivity contribution is -0.137. The molecular weight excluding hydrogens is 437 g/mol. The molecule has 2 atom stereocenters. The lowest BCUT2D eigenvalue weighted by Crippen LogP contribution is -2.58. The number of allylic oxidation sites excluding steroid dienone is 1. The van der Waals surface area contributed by atoms with Crippen molar-refractivity contribution in [2.45, 2.75) is 83.6 Å². The van der Waals surface area contributed by atoms with Crippen molar-refractivity contribution in [3.8, 4) is 0 Å². The van der Waals surface area contributed by atoms with Crippen LogP contribution in [0.5, 0.6) is 0 Å². The average molecular weight is 479 g/mol. The van der Waals surface area contributed by atoms with Gasteiger partial charge < -0.3 is 21.9 Å². The third-order valence-electron chi connectivity index (χ3n) is 4.19. The lowest BCUT2D eigenvalue weighted by Gasteiger charge is -2.42. The minimum Gasteiger partial charge on any atom is -0.463 e. The summed E-state index contributed by atoms with van der Waals surface area (Å²) in [6, 6.07) is 2.45. The Kier molecular flexibility index (Phi) is 12.3. The van der Waals surface area contributed by atoms with Crippen molar-refractivity contribution in [1.29, 1.82) is 0 Å². The smallest absolute Gasteiger partial charge is 0.330 e. The molecule has 0 heterocycles. The number of esters is 1. The first kappa shape index (κ1) is 28.7. The topological polar surface area (TPSA) is 74.2 Å². The van der Waals surface area contributed by atoms with Crippen LogP contribution in [0, 0.1) is 0 Å². The molecule has 0 aromatic rings. The van der Waals surface area contributed by atoms with Gasteiger partial charge in [0.1, 0.15) is 0 Å². The Labute approximate surface area is 182 Å². The minimum atomic E-state index is -2.76. The van der Waals surface area contributed by atoms with Crippen molar-refractivity contribution in [1.82, 2.24) is 0 Å². The number of rotatable bonds is 16. The molecule has 0 bridgehead atoms. The van der Waals surface area contributed by atoms with Gasteiger partial charge in [0.25, 0.3) is 0 Å². The summed E-state index contributed by atoms with van der Waals surface area (Å²) in [6.07, 6.45) is 5.64. The SMILES string of the molecule is C=CC[Si](C)(O[Si](C)(C)O)O[Si](C)(CCCCOC(=O)C=C)O[Si](C)(C)CCC. The molecular formula is C19H42O6Si4. The number of hydrogen-bond donors (Lipinski definition) is 1. The molecule has 0 saturated heterocycles. The first-order valence-corrected chi connectivity index (χ1v) is 21.4. The maximum atomic E-state index is 11.2. The summed E-state index contributed by atoms with van der Waals surface area (Å²) in [6.45, 7) is 21.9. The van der Waals surface area contributed by atoms with Gasteiger partial charge in [-0.2, -0.15) is 0 Å². The van der Waals surface area contributed by atoms with E-state index in [1.807, 2.05) is 12.6 Å². The second-order valence-corrected chi connectivity index (χ2v) is 23.7. The van der Waals surface area contributed by atoms with Crippen LogP contribution in [0.3, 0.4) is 0 Å². The Bertz CT molecular complexity index is 537. The van der Waals surface area contributed by atoms with E-state index in [-0.39, 0.29) is 0 Å². The molecule has 170 valence electrons. The molecule has 0 amide bonds. The molecule has 0 aliphatic carbocycles. The molecule has 29 heavy (non-hydrogen) atoms. The zero-order valence-electron chi connectivity index (χ0n) is 19.5. The van der Waals surface area contributed by atoms with Gasteiger partial charge in [0.2, 0.25) is 0 Å². The van der Waals surface area contributed by atoms with Crippen molar-refractivity contribution in [3.63, 3.8) is 0 Å². The normalized spacial score (nSPS) is 16.6. The van der Waals surface area contributed by atoms with Crippen LogP contribution in [0.15, 0.2) is 25.3 Å². The molecule has 0 aliphatic rings. The van der Waals surface area contributed by atoms with Crippen LogP contribution in [0.25, 0.3) is 0 Å². The fraction of sp³-hybridized carbons (Fsp3) is 0.737. The predicted molar refractivity (Wildman–Crippen MR) is 129 cm³/mol. The zero-order valence-corrected chi connectivity index (χ0v) is 23.5. The molecule has 0 spiro atoms. The van der Waals surface area contributed by atoms with Gasteiger partial charge in [-0.3, -0.25) is 0 Å². The highest BCUT2D eigenvalue weighted by Gasteiger charge is 2.47. The highest BCUT2D eigenvalue weighted by molar-refractivity contribution is 6.89. The maximum absolute atomic E-state index is 11.2. The van der Waals surface area contributed by atoms with Gasteiger partial charge in [-0.25, -0.2) is 4.79 Å². The van der Waals surface area contributed by atoms with Crippen LogP contribution in [-0.2, 0) is 21.9 Å². The van der Waals surface area contributed by atoms with Gasteiger partial charge in [0, 0.05) is 12.1 Å². The van der Waals surface area contributed by atoms with E-state index in [2.05, 4.69) is 39.7 Å². The number of hydrogen-bond acceptors (Lipinski definition) is 6. The van der Waals surface area contributed by atoms with E-state index in [4.69, 9.17) is 17.1 Å². The maximum Gasteiger partial charge on any atom is 0.330 e. The van der Waals surface area contributed by atoms with E-state index in [1.54, 1.807) is 13.1 Å². The first-order chi connectivity index (χ1) is 13.2. The van der Waals surface area contributed by atoms with E-state index in [0.717, 1.165) is 31.4 Å². The van der Waals surface area contributed by atoms with E-state index < -0.39 is 40.0 Å². The van der Waals surface area contributed by atoms with E-state index >= 15 is 0 Å². The molecule has 1 N–H and O–H groups in total. The largest absolute Gasteiger partial charge is 0.463 e. The summed E-state index contributed by atoms with van der Waals surface area (Å²) in [5.41, 5.74) is 0. The van der Waals surface area contributed by atoms with Crippen molar-refractivity contribution in [2.24, 2.45) is 0 Å². The van der Waals surface area contributed by atoms with Crippen molar-refractivity contribution in [3.05, 3.63) is 25.3 Å². The van der Waals surface area contributed by atoms with Crippen LogP contribution >= 0.6 is 0 Å². The summed E-state index contributed by atoms with van der Waals surface area (Å²) in [7, 11) is -9.91. The van der Waals surface area contributed by atoms with Gasteiger partial charge >= 0.3 is 31.7 Å². The molecule has 10 heteroatoms. The molecule has 0 aromatic carbocycles. The molecule has 0 fully saturated rings. The Morgan fingerprint density at radius 3 is 2.03 bits per heavy atom. The second kappa shape index (κ2) is 12.5. The third-order valence-corrected chi connectivity index (χ3v) is 19.3. The van der Waals surface area contributed by atoms with Crippen LogP contribution in [0.4, 0.5) is 0 Å². The molecule has 0 saturated carbocycles. The van der Waals surface area contributed by atoms with Crippen molar-refractivity contribution in [2.75, 3.05) is 6.61 Å². The summed E-state index contributed by atoms with van der Waals surface area (Å²) >= 11 is 0. The Balaban J connectivity index is 5.34. The molecule has 0 radical (unpaired) electrons. The quantitative estimate of drug-likeness (QED) is 0.108. The molecule has 0 aliphatic heterocycles. The summed E-state index contributed by atoms with van der Waals surface area (Å²) < 4.78 is 24.7. The number of carbonyl (C=O) groups is 1. The fourth-order valence-corrected chi connectivity index (χ4v) is 21.6. The minimum absolute atomic E-state index is 0.361. The lowest BCUT2D eigenvalue weighted by atomic mass is 10.4. The Hall–Kier alpha value is -0.342. The summed E-state index contributed by atoms with van der Waals surface area (Å²) in [5.74, 6) is -0.400. The van der Waals surface area contributed by atoms with Crippen molar-refractivity contribution >= 4 is 40.0 Å². The molecule has 2 unspecified atom stereocenters. The molecule has 6 nitrogen and oxygen atoms in total. The van der Waals surface area contributed by atoms with Crippen LogP contribution in [-0.4, -0.2) is 51.4 Å². The van der Waals surface area contributed by atoms with Crippen molar-refractivity contribution < 1.29 is 26.7 Å². The number of unbranched alkanes of at least 4 members (excludes halogenated alkanes) is 1. The standard InChI is InChI=1S/C19H42O6Si4/c1-10-16-26(4,5)23-29(9,18-14-13-15-22-19(20)12-3)25-28(8,17-11-2)24-27(6,7)21/h11-12,21H,2-3,10,13-18H2,1,4-9H3. The van der Waals surface area contributed by atoms with Gasteiger partial charge in [-0.05, 0) is 64.2 Å². The van der Waals surface area contributed by atoms with Crippen LogP contribution < -0.4 is 0 Å². The second-order valence-electron chi connectivity index (χ2n) is 8.85. The molecule has 0 aromatic heterocycles. The zero-order chi connectivity index (χ0) is 22.8. The van der Waals surface area contributed by atoms with E-state index in [0.29, 0.717) is 12.7 Å². The van der Waals surface area contributed by atoms with E-state index in [1.165, 1.54) is 6.08 Å². The van der Waals surface area contributed by atoms with Crippen LogP contribution in [0.1, 0.15) is 26.2 Å². The van der Waals surface area contributed by atoms with Gasteiger partial charge in [-0.1, -0.05) is 26.0 Å². The van der Waals surface area contributed by atoms with Gasteiger partial charge in [0.15, 0.2) is 8.32 Å². The van der Waals surface area contributed by atoms with Gasteiger partial charge in [-0.15, -0.1) is 6.58 Å². The van der Waals surface area contributed by atoms with Gasteiger partial charge in [0.05, 0.1) is 6.61 Å². The molecule has 0 rings (SSSR count). The Morgan fingerprint density at radius 2 is 1.55 bits per heavy atom. The summed E-state index contributed by atoms with van der Waals surface area (Å²) in [4.78, 5) is 21.6. The number of ether oxygens (including phenoxy) is 1. The summed E-state index contributed by atoms with van der Waals surface area (Å²) in [5, 5.41) is 0. The fourth-order valence-electron chi connectivity index (χ4n) is 3.49. The highest BCUT2D eigenvalue weighted by Crippen LogP contribution is 2.31.